The van der Waals surface area contributed by atoms with Gasteiger partial charge in [-0.3, -0.25) is 14.8 Å². The topological polar surface area (TPSA) is 92.6 Å². The predicted octanol–water partition coefficient (Wildman–Crippen LogP) is 4.00. The van der Waals surface area contributed by atoms with Crippen molar-refractivity contribution < 1.29 is 28.3 Å². The number of nitrogens with one attached hydrogen (secondary N) is 2. The molecule has 9 heteroatoms. The van der Waals surface area contributed by atoms with Crippen molar-refractivity contribution in [2.24, 2.45) is 0 Å². The molecule has 7 nitrogen and oxygen atoms in total. The fourth-order valence-corrected chi connectivity index (χ4v) is 4.07. The minimum atomic E-state index is -0.745. The van der Waals surface area contributed by atoms with E-state index in [1.807, 2.05) is 36.5 Å². The number of hydrogen-bond acceptors (Lipinski definition) is 4. The van der Waals surface area contributed by atoms with Crippen LogP contribution < -0.4 is 15.5 Å². The van der Waals surface area contributed by atoms with Gasteiger partial charge in [0, 0.05) is 41.8 Å². The summed E-state index contributed by atoms with van der Waals surface area (Å²) in [6, 6.07) is 15.8. The fourth-order valence-electron chi connectivity index (χ4n) is 4.07. The first-order valence-corrected chi connectivity index (χ1v) is 11.3. The van der Waals surface area contributed by atoms with E-state index in [4.69, 9.17) is 9.94 Å². The van der Waals surface area contributed by atoms with Crippen molar-refractivity contribution in [1.82, 2.24) is 15.4 Å². The van der Waals surface area contributed by atoms with E-state index in [1.165, 1.54) is 6.07 Å². The lowest BCUT2D eigenvalue weighted by atomic mass is 10.1. The minimum Gasteiger partial charge on any atom is -0.497 e. The van der Waals surface area contributed by atoms with Gasteiger partial charge in [0.1, 0.15) is 17.4 Å². The molecule has 0 spiro atoms. The Morgan fingerprint density at radius 1 is 1.00 bits per heavy atom. The van der Waals surface area contributed by atoms with E-state index in [1.54, 1.807) is 24.7 Å². The number of benzene rings is 3. The van der Waals surface area contributed by atoms with Gasteiger partial charge in [-0.15, -0.1) is 0 Å². The molecule has 0 bridgehead atoms. The number of nitrogens with zero attached hydrogens (tertiary/aromatic N) is 1. The second-order valence-corrected chi connectivity index (χ2v) is 8.32. The number of fused-ring (bicyclic) bond motifs is 1. The van der Waals surface area contributed by atoms with Gasteiger partial charge in [-0.25, -0.2) is 14.3 Å². The van der Waals surface area contributed by atoms with E-state index >= 15 is 0 Å². The molecule has 2 amide bonds. The lowest BCUT2D eigenvalue weighted by Crippen LogP contribution is -2.27. The number of amides is 2. The van der Waals surface area contributed by atoms with Gasteiger partial charge < -0.3 is 14.6 Å². The first kappa shape index (κ1) is 24.9. The summed E-state index contributed by atoms with van der Waals surface area (Å²) >= 11 is 0. The Hall–Kier alpha value is -4.24. The third kappa shape index (κ3) is 5.69. The number of halogens is 2. The van der Waals surface area contributed by atoms with Gasteiger partial charge in [0.05, 0.1) is 13.5 Å². The van der Waals surface area contributed by atoms with Gasteiger partial charge in [-0.2, -0.15) is 0 Å². The Balaban J connectivity index is 1.48. The summed E-state index contributed by atoms with van der Waals surface area (Å²) in [7, 11) is 1.59. The van der Waals surface area contributed by atoms with Gasteiger partial charge in [0.15, 0.2) is 0 Å². The fraction of sp³-hybridized carbons (Fsp3) is 0.185. The molecule has 3 aromatic carbocycles. The SMILES string of the molecule is COc1ccc2c(c1)c(CCNC(=O)Cc1ccc(F)cc1F)cn2Cc1ccc(C(=O)NO)cc1. The van der Waals surface area contributed by atoms with Gasteiger partial charge in [-0.05, 0) is 59.5 Å². The van der Waals surface area contributed by atoms with Gasteiger partial charge in [0.2, 0.25) is 5.91 Å². The van der Waals surface area contributed by atoms with Crippen LogP contribution in [-0.2, 0) is 24.2 Å². The average molecular weight is 494 g/mol. The number of aromatic nitrogens is 1. The minimum absolute atomic E-state index is 0.137. The van der Waals surface area contributed by atoms with Crippen LogP contribution in [0.5, 0.6) is 5.75 Å². The third-order valence-corrected chi connectivity index (χ3v) is 5.92. The monoisotopic (exact) mass is 493 g/mol. The van der Waals surface area contributed by atoms with Gasteiger partial charge in [-0.1, -0.05) is 18.2 Å². The zero-order valence-electron chi connectivity index (χ0n) is 19.6. The summed E-state index contributed by atoms with van der Waals surface area (Å²) in [5.41, 5.74) is 5.02. The van der Waals surface area contributed by atoms with Crippen molar-refractivity contribution in [3.05, 3.63) is 101 Å². The van der Waals surface area contributed by atoms with Crippen molar-refractivity contribution in [1.29, 1.82) is 0 Å². The third-order valence-electron chi connectivity index (χ3n) is 5.92. The van der Waals surface area contributed by atoms with E-state index in [0.717, 1.165) is 34.2 Å². The maximum Gasteiger partial charge on any atom is 0.274 e. The largest absolute Gasteiger partial charge is 0.497 e. The molecule has 3 N–H and O–H groups in total. The van der Waals surface area contributed by atoms with Crippen LogP contribution in [0.2, 0.25) is 0 Å². The quantitative estimate of drug-likeness (QED) is 0.243. The lowest BCUT2D eigenvalue weighted by Gasteiger charge is -2.07. The van der Waals surface area contributed by atoms with E-state index in [2.05, 4.69) is 9.88 Å². The van der Waals surface area contributed by atoms with E-state index in [9.17, 15) is 18.4 Å². The van der Waals surface area contributed by atoms with Crippen LogP contribution in [0.4, 0.5) is 8.78 Å². The first-order valence-electron chi connectivity index (χ1n) is 11.3. The van der Waals surface area contributed by atoms with Crippen molar-refractivity contribution >= 4 is 22.7 Å². The first-order chi connectivity index (χ1) is 17.4. The molecule has 0 saturated heterocycles. The molecule has 0 aliphatic carbocycles. The number of carbonyl (C=O) groups is 2. The van der Waals surface area contributed by atoms with Crippen LogP contribution >= 0.6 is 0 Å². The second kappa shape index (κ2) is 11.0. The van der Waals surface area contributed by atoms with Crippen LogP contribution in [0.25, 0.3) is 10.9 Å². The maximum atomic E-state index is 13.8. The molecule has 1 heterocycles. The van der Waals surface area contributed by atoms with Gasteiger partial charge >= 0.3 is 0 Å². The Labute approximate surface area is 206 Å². The molecule has 0 unspecified atom stereocenters. The Kier molecular flexibility index (Phi) is 7.60. The number of rotatable bonds is 9. The summed E-state index contributed by atoms with van der Waals surface area (Å²) in [5.74, 6) is -1.66. The van der Waals surface area contributed by atoms with Gasteiger partial charge in [0.25, 0.3) is 5.91 Å². The van der Waals surface area contributed by atoms with Crippen molar-refractivity contribution in [2.75, 3.05) is 13.7 Å². The van der Waals surface area contributed by atoms with Crippen LogP contribution in [0, 0.1) is 11.6 Å². The highest BCUT2D eigenvalue weighted by molar-refractivity contribution is 5.93. The number of methoxy groups -OCH3 is 1. The summed E-state index contributed by atoms with van der Waals surface area (Å²) in [4.78, 5) is 23.9. The van der Waals surface area contributed by atoms with Crippen LogP contribution in [0.1, 0.15) is 27.0 Å². The van der Waals surface area contributed by atoms with Crippen molar-refractivity contribution in [2.45, 2.75) is 19.4 Å². The average Bonchev–Trinajstić information content (AvgIpc) is 3.22. The molecule has 0 aliphatic heterocycles. The summed E-state index contributed by atoms with van der Waals surface area (Å²) in [5, 5.41) is 12.6. The number of hydrogen-bond donors (Lipinski definition) is 3. The van der Waals surface area contributed by atoms with Crippen LogP contribution in [0.3, 0.4) is 0 Å². The molecule has 36 heavy (non-hydrogen) atoms. The van der Waals surface area contributed by atoms with Crippen LogP contribution in [0.15, 0.2) is 66.9 Å². The molecule has 0 fully saturated rings. The Morgan fingerprint density at radius 2 is 1.78 bits per heavy atom. The number of hydroxylamine groups is 1. The summed E-state index contributed by atoms with van der Waals surface area (Å²) in [6.45, 7) is 0.878. The van der Waals surface area contributed by atoms with Crippen LogP contribution in [-0.4, -0.2) is 35.2 Å². The molecular weight excluding hydrogens is 468 g/mol. The zero-order valence-corrected chi connectivity index (χ0v) is 19.6. The highest BCUT2D eigenvalue weighted by Gasteiger charge is 2.13. The van der Waals surface area contributed by atoms with Crippen molar-refractivity contribution in [3.8, 4) is 5.75 Å². The maximum absolute atomic E-state index is 13.8. The zero-order chi connectivity index (χ0) is 25.7. The number of ether oxygens (including phenoxy) is 1. The Morgan fingerprint density at radius 3 is 2.47 bits per heavy atom. The highest BCUT2D eigenvalue weighted by atomic mass is 19.1. The molecule has 1 aromatic heterocycles. The second-order valence-electron chi connectivity index (χ2n) is 8.32. The smallest absolute Gasteiger partial charge is 0.274 e. The van der Waals surface area contributed by atoms with E-state index in [-0.39, 0.29) is 17.9 Å². The lowest BCUT2D eigenvalue weighted by molar-refractivity contribution is -0.120. The summed E-state index contributed by atoms with van der Waals surface area (Å²) in [6.07, 6.45) is 2.36. The standard InChI is InChI=1S/C27H25F2N3O4/c1-36-22-8-9-25-23(14-22)20(10-11-30-26(33)12-19-6-7-21(28)13-24(19)29)16-32(25)15-17-2-4-18(5-3-17)27(34)31-35/h2-9,13-14,16,35H,10-12,15H2,1H3,(H,30,33)(H,31,34). The molecule has 0 saturated carbocycles. The molecule has 4 aromatic rings. The highest BCUT2D eigenvalue weighted by Crippen LogP contribution is 2.27. The van der Waals surface area contributed by atoms with E-state index in [0.29, 0.717) is 30.8 Å². The van der Waals surface area contributed by atoms with Crippen molar-refractivity contribution in [3.63, 3.8) is 0 Å². The predicted molar refractivity (Wildman–Crippen MR) is 130 cm³/mol. The number of carbonyl (C=O) groups excluding carboxylic acids is 2. The Bertz CT molecular complexity index is 1400. The molecule has 0 aliphatic rings. The molecule has 186 valence electrons. The summed E-state index contributed by atoms with van der Waals surface area (Å²) < 4.78 is 34.4. The van der Waals surface area contributed by atoms with E-state index < -0.39 is 17.5 Å². The molecular formula is C27H25F2N3O4. The molecule has 0 atom stereocenters. The normalized spacial score (nSPS) is 10.9. The molecule has 4 rings (SSSR count). The molecule has 0 radical (unpaired) electrons.